The van der Waals surface area contributed by atoms with Crippen LogP contribution in [0.2, 0.25) is 0 Å². The molecule has 102 valence electrons. The van der Waals surface area contributed by atoms with E-state index in [2.05, 4.69) is 52.4 Å². The van der Waals surface area contributed by atoms with E-state index in [1.54, 1.807) is 18.4 Å². The Balaban J connectivity index is 2.19. The fourth-order valence-electron chi connectivity index (χ4n) is 2.17. The first kappa shape index (κ1) is 14.6. The van der Waals surface area contributed by atoms with Gasteiger partial charge < -0.3 is 10.1 Å². The fourth-order valence-corrected chi connectivity index (χ4v) is 3.70. The number of likely N-dealkylation sites (N-methyl/N-ethyl adjacent to an activating group) is 1. The Kier molecular flexibility index (Phi) is 5.02. The quantitative estimate of drug-likeness (QED) is 0.875. The lowest BCUT2D eigenvalue weighted by Crippen LogP contribution is -2.18. The minimum absolute atomic E-state index is 0.329. The fraction of sp³-hybridized carbons (Fsp3) is 0.333. The second-order valence-corrected chi connectivity index (χ2v) is 7.03. The second-order valence-electron chi connectivity index (χ2n) is 4.48. The summed E-state index contributed by atoms with van der Waals surface area (Å²) < 4.78 is 6.49. The van der Waals surface area contributed by atoms with Crippen molar-refractivity contribution in [2.24, 2.45) is 0 Å². The number of benzene rings is 1. The molecule has 0 aliphatic rings. The molecule has 0 saturated heterocycles. The van der Waals surface area contributed by atoms with Gasteiger partial charge in [-0.2, -0.15) is 0 Å². The molecule has 0 spiro atoms. The maximum Gasteiger partial charge on any atom is 0.121 e. The summed E-state index contributed by atoms with van der Waals surface area (Å²) in [4.78, 5) is 1.37. The number of methoxy groups -OCH3 is 1. The van der Waals surface area contributed by atoms with Gasteiger partial charge in [0, 0.05) is 17.3 Å². The van der Waals surface area contributed by atoms with E-state index in [1.807, 2.05) is 13.1 Å². The van der Waals surface area contributed by atoms with E-state index in [0.717, 1.165) is 12.2 Å². The zero-order chi connectivity index (χ0) is 13.8. The van der Waals surface area contributed by atoms with E-state index in [9.17, 15) is 0 Å². The molecule has 0 aliphatic heterocycles. The Morgan fingerprint density at radius 3 is 2.63 bits per heavy atom. The summed E-state index contributed by atoms with van der Waals surface area (Å²) in [5, 5.41) is 3.39. The number of halogens is 1. The van der Waals surface area contributed by atoms with Crippen molar-refractivity contribution in [2.45, 2.75) is 19.4 Å². The van der Waals surface area contributed by atoms with Crippen molar-refractivity contribution >= 4 is 27.3 Å². The smallest absolute Gasteiger partial charge is 0.121 e. The highest BCUT2D eigenvalue weighted by Gasteiger charge is 2.12. The topological polar surface area (TPSA) is 21.3 Å². The third-order valence-corrected chi connectivity index (χ3v) is 4.85. The normalized spacial score (nSPS) is 12.4. The molecule has 2 rings (SSSR count). The summed E-state index contributed by atoms with van der Waals surface area (Å²) in [5.41, 5.74) is 2.47. The number of hydrogen-bond donors (Lipinski definition) is 1. The summed E-state index contributed by atoms with van der Waals surface area (Å²) in [6.07, 6.45) is 0.999. The Morgan fingerprint density at radius 2 is 2.11 bits per heavy atom. The zero-order valence-electron chi connectivity index (χ0n) is 11.4. The van der Waals surface area contributed by atoms with Gasteiger partial charge in [-0.1, -0.05) is 12.1 Å². The first-order valence-corrected chi connectivity index (χ1v) is 7.81. The Hall–Kier alpha value is -0.840. The summed E-state index contributed by atoms with van der Waals surface area (Å²) in [6, 6.07) is 11.0. The van der Waals surface area contributed by atoms with Crippen molar-refractivity contribution < 1.29 is 4.74 Å². The number of ether oxygens (including phenoxy) is 1. The van der Waals surface area contributed by atoms with Gasteiger partial charge in [0.05, 0.1) is 10.9 Å². The molecule has 1 aromatic heterocycles. The van der Waals surface area contributed by atoms with Crippen LogP contribution in [0.3, 0.4) is 0 Å². The lowest BCUT2D eigenvalue weighted by Gasteiger charge is -2.17. The summed E-state index contributed by atoms with van der Waals surface area (Å²) in [6.45, 7) is 2.08. The van der Waals surface area contributed by atoms with Crippen molar-refractivity contribution in [3.8, 4) is 5.75 Å². The van der Waals surface area contributed by atoms with Crippen LogP contribution < -0.4 is 10.1 Å². The van der Waals surface area contributed by atoms with Gasteiger partial charge in [-0.05, 0) is 59.2 Å². The van der Waals surface area contributed by atoms with E-state index in [-0.39, 0.29) is 0 Å². The summed E-state index contributed by atoms with van der Waals surface area (Å²) in [5.74, 6) is 0.942. The summed E-state index contributed by atoms with van der Waals surface area (Å²) in [7, 11) is 3.72. The molecule has 1 N–H and O–H groups in total. The van der Waals surface area contributed by atoms with Crippen LogP contribution in [-0.2, 0) is 6.42 Å². The van der Waals surface area contributed by atoms with E-state index < -0.39 is 0 Å². The number of thiophene rings is 1. The first-order valence-electron chi connectivity index (χ1n) is 6.20. The molecule has 0 bridgehead atoms. The second kappa shape index (κ2) is 6.55. The minimum Gasteiger partial charge on any atom is -0.496 e. The summed E-state index contributed by atoms with van der Waals surface area (Å²) >= 11 is 5.30. The standard InChI is InChI=1S/C15H18BrNOS/c1-10-8-11(4-6-14(10)18-3)13(17-2)9-12-5-7-15(16)19-12/h4-8,13,17H,9H2,1-3H3. The van der Waals surface area contributed by atoms with Crippen LogP contribution in [0.5, 0.6) is 5.75 Å². The maximum atomic E-state index is 5.31. The molecule has 0 amide bonds. The van der Waals surface area contributed by atoms with Crippen molar-refractivity contribution in [3.63, 3.8) is 0 Å². The van der Waals surface area contributed by atoms with E-state index in [4.69, 9.17) is 4.74 Å². The van der Waals surface area contributed by atoms with Gasteiger partial charge in [-0.25, -0.2) is 0 Å². The van der Waals surface area contributed by atoms with Crippen LogP contribution in [0.15, 0.2) is 34.1 Å². The van der Waals surface area contributed by atoms with Gasteiger partial charge in [0.1, 0.15) is 5.75 Å². The predicted molar refractivity (Wildman–Crippen MR) is 85.3 cm³/mol. The lowest BCUT2D eigenvalue weighted by atomic mass is 10.0. The largest absolute Gasteiger partial charge is 0.496 e. The molecule has 1 heterocycles. The van der Waals surface area contributed by atoms with E-state index in [1.165, 1.54) is 19.8 Å². The van der Waals surface area contributed by atoms with Crippen LogP contribution in [0, 0.1) is 6.92 Å². The molecule has 0 radical (unpaired) electrons. The molecule has 1 atom stereocenters. The lowest BCUT2D eigenvalue weighted by molar-refractivity contribution is 0.411. The number of nitrogens with one attached hydrogen (secondary N) is 1. The van der Waals surface area contributed by atoms with Crippen molar-refractivity contribution in [1.82, 2.24) is 5.32 Å². The van der Waals surface area contributed by atoms with Crippen molar-refractivity contribution in [2.75, 3.05) is 14.2 Å². The first-order chi connectivity index (χ1) is 9.13. The average molecular weight is 340 g/mol. The van der Waals surface area contributed by atoms with Gasteiger partial charge in [0.2, 0.25) is 0 Å². The monoisotopic (exact) mass is 339 g/mol. The molecule has 4 heteroatoms. The molecule has 0 saturated carbocycles. The van der Waals surface area contributed by atoms with Gasteiger partial charge in [-0.3, -0.25) is 0 Å². The van der Waals surface area contributed by atoms with Crippen LogP contribution in [0.1, 0.15) is 22.0 Å². The van der Waals surface area contributed by atoms with E-state index >= 15 is 0 Å². The highest BCUT2D eigenvalue weighted by Crippen LogP contribution is 2.28. The molecule has 1 aromatic carbocycles. The highest BCUT2D eigenvalue weighted by molar-refractivity contribution is 9.11. The van der Waals surface area contributed by atoms with Crippen LogP contribution in [0.25, 0.3) is 0 Å². The van der Waals surface area contributed by atoms with Gasteiger partial charge in [0.15, 0.2) is 0 Å². The molecule has 19 heavy (non-hydrogen) atoms. The zero-order valence-corrected chi connectivity index (χ0v) is 13.8. The Bertz CT molecular complexity index is 553. The molecule has 0 fully saturated rings. The molecule has 2 nitrogen and oxygen atoms in total. The van der Waals surface area contributed by atoms with Crippen molar-refractivity contribution in [1.29, 1.82) is 0 Å². The predicted octanol–water partition coefficient (Wildman–Crippen LogP) is 4.33. The molecule has 1 unspecified atom stereocenters. The molecule has 0 aliphatic carbocycles. The molecular formula is C15H18BrNOS. The van der Waals surface area contributed by atoms with Crippen LogP contribution in [0.4, 0.5) is 0 Å². The SMILES string of the molecule is CNC(Cc1ccc(Br)s1)c1ccc(OC)c(C)c1. The van der Waals surface area contributed by atoms with Gasteiger partial charge in [0.25, 0.3) is 0 Å². The molecule has 2 aromatic rings. The highest BCUT2D eigenvalue weighted by atomic mass is 79.9. The number of aryl methyl sites for hydroxylation is 1. The van der Waals surface area contributed by atoms with E-state index in [0.29, 0.717) is 6.04 Å². The van der Waals surface area contributed by atoms with Crippen LogP contribution >= 0.6 is 27.3 Å². The number of rotatable bonds is 5. The number of hydrogen-bond acceptors (Lipinski definition) is 3. The third-order valence-electron chi connectivity index (χ3n) is 3.20. The Morgan fingerprint density at radius 1 is 1.32 bits per heavy atom. The van der Waals surface area contributed by atoms with Gasteiger partial charge >= 0.3 is 0 Å². The third kappa shape index (κ3) is 3.59. The average Bonchev–Trinajstić information content (AvgIpc) is 2.81. The van der Waals surface area contributed by atoms with Gasteiger partial charge in [-0.15, -0.1) is 11.3 Å². The maximum absolute atomic E-state index is 5.31. The van der Waals surface area contributed by atoms with Crippen molar-refractivity contribution in [3.05, 3.63) is 50.1 Å². The Labute approximate surface area is 126 Å². The molecular weight excluding hydrogens is 322 g/mol. The van der Waals surface area contributed by atoms with Crippen LogP contribution in [-0.4, -0.2) is 14.2 Å². The minimum atomic E-state index is 0.329.